The van der Waals surface area contributed by atoms with E-state index in [0.29, 0.717) is 15.8 Å². The second-order valence-electron chi connectivity index (χ2n) is 5.54. The van der Waals surface area contributed by atoms with Crippen molar-refractivity contribution in [3.63, 3.8) is 0 Å². The lowest BCUT2D eigenvalue weighted by atomic mass is 10.1. The van der Waals surface area contributed by atoms with Gasteiger partial charge in [0, 0.05) is 19.3 Å². The van der Waals surface area contributed by atoms with Gasteiger partial charge in [0.05, 0.1) is 10.0 Å². The fourth-order valence-electron chi connectivity index (χ4n) is 2.56. The zero-order chi connectivity index (χ0) is 17.1. The number of hydrogen-bond acceptors (Lipinski definition) is 3. The maximum atomic E-state index is 13.1. The Bertz CT molecular complexity index is 766. The molecular formula is C17H15BrClFN2O2. The topological polar surface area (TPSA) is 42.4 Å². The van der Waals surface area contributed by atoms with Gasteiger partial charge in [0.25, 0.3) is 5.91 Å². The van der Waals surface area contributed by atoms with Crippen LogP contribution in [-0.2, 0) is 0 Å². The lowest BCUT2D eigenvalue weighted by Crippen LogP contribution is -2.35. The molecule has 24 heavy (non-hydrogen) atoms. The molecule has 0 radical (unpaired) electrons. The summed E-state index contributed by atoms with van der Waals surface area (Å²) in [6, 6.07) is 5.60. The van der Waals surface area contributed by atoms with Gasteiger partial charge in [-0.05, 0) is 59.5 Å². The quantitative estimate of drug-likeness (QED) is 0.707. The van der Waals surface area contributed by atoms with E-state index in [9.17, 15) is 9.18 Å². The lowest BCUT2D eigenvalue weighted by Gasteiger charge is -2.26. The van der Waals surface area contributed by atoms with Crippen LogP contribution in [0.25, 0.3) is 0 Å². The number of carbonyl (C=O) groups is 1. The van der Waals surface area contributed by atoms with Crippen molar-refractivity contribution < 1.29 is 13.9 Å². The first-order chi connectivity index (χ1) is 11.5. The molecular weight excluding hydrogens is 399 g/mol. The standard InChI is InChI=1S/C17H15BrClFN2O2/c18-13-9-12(20)4-5-15(13)24-16-14(19)8-11(10-21-16)17(23)22-6-2-1-3-7-22/h4-5,8-10H,1-3,6-7H2. The molecule has 7 heteroatoms. The Morgan fingerprint density at radius 2 is 2.00 bits per heavy atom. The number of nitrogens with zero attached hydrogens (tertiary/aromatic N) is 2. The first-order valence-corrected chi connectivity index (χ1v) is 8.79. The van der Waals surface area contributed by atoms with Gasteiger partial charge < -0.3 is 9.64 Å². The zero-order valence-electron chi connectivity index (χ0n) is 12.8. The Morgan fingerprint density at radius 3 is 2.67 bits per heavy atom. The van der Waals surface area contributed by atoms with Crippen LogP contribution < -0.4 is 4.74 Å². The van der Waals surface area contributed by atoms with Gasteiger partial charge in [0.1, 0.15) is 16.6 Å². The molecule has 0 N–H and O–H groups in total. The minimum absolute atomic E-state index is 0.0707. The van der Waals surface area contributed by atoms with Crippen molar-refractivity contribution in [1.29, 1.82) is 0 Å². The highest BCUT2D eigenvalue weighted by atomic mass is 79.9. The molecule has 1 aromatic carbocycles. The summed E-state index contributed by atoms with van der Waals surface area (Å²) >= 11 is 9.42. The fourth-order valence-corrected chi connectivity index (χ4v) is 3.20. The number of piperidine rings is 1. The van der Waals surface area contributed by atoms with Crippen molar-refractivity contribution in [3.05, 3.63) is 51.3 Å². The Kier molecular flexibility index (Phi) is 5.36. The summed E-state index contributed by atoms with van der Waals surface area (Å²) < 4.78 is 19.2. The Hall–Kier alpha value is -1.66. The number of rotatable bonds is 3. The highest BCUT2D eigenvalue weighted by Crippen LogP contribution is 2.33. The van der Waals surface area contributed by atoms with E-state index in [0.717, 1.165) is 32.4 Å². The molecule has 1 aliphatic heterocycles. The number of likely N-dealkylation sites (tertiary alicyclic amines) is 1. The Labute approximate surface area is 152 Å². The zero-order valence-corrected chi connectivity index (χ0v) is 15.1. The van der Waals surface area contributed by atoms with Crippen LogP contribution in [0.2, 0.25) is 5.02 Å². The maximum Gasteiger partial charge on any atom is 0.255 e. The average Bonchev–Trinajstić information content (AvgIpc) is 2.59. The van der Waals surface area contributed by atoms with Crippen LogP contribution in [0.1, 0.15) is 29.6 Å². The molecule has 1 saturated heterocycles. The Balaban J connectivity index is 1.78. The van der Waals surface area contributed by atoms with Gasteiger partial charge in [-0.25, -0.2) is 9.37 Å². The summed E-state index contributed by atoms with van der Waals surface area (Å²) in [5.41, 5.74) is 0.437. The molecule has 0 saturated carbocycles. The minimum Gasteiger partial charge on any atom is -0.436 e. The van der Waals surface area contributed by atoms with Crippen LogP contribution in [0.4, 0.5) is 4.39 Å². The molecule has 1 aromatic heterocycles. The van der Waals surface area contributed by atoms with Gasteiger partial charge in [0.15, 0.2) is 0 Å². The maximum absolute atomic E-state index is 13.1. The number of carbonyl (C=O) groups excluding carboxylic acids is 1. The highest BCUT2D eigenvalue weighted by molar-refractivity contribution is 9.10. The van der Waals surface area contributed by atoms with Crippen LogP contribution in [0.3, 0.4) is 0 Å². The molecule has 126 valence electrons. The molecule has 0 aliphatic carbocycles. The number of benzene rings is 1. The molecule has 2 aromatic rings. The predicted octanol–water partition coefficient (Wildman–Crippen LogP) is 5.06. The van der Waals surface area contributed by atoms with Gasteiger partial charge >= 0.3 is 0 Å². The average molecular weight is 414 g/mol. The van der Waals surface area contributed by atoms with Crippen molar-refractivity contribution >= 4 is 33.4 Å². The van der Waals surface area contributed by atoms with Crippen molar-refractivity contribution in [2.24, 2.45) is 0 Å². The molecule has 1 fully saturated rings. The molecule has 1 amide bonds. The monoisotopic (exact) mass is 412 g/mol. The van der Waals surface area contributed by atoms with Crippen LogP contribution in [-0.4, -0.2) is 28.9 Å². The van der Waals surface area contributed by atoms with Crippen molar-refractivity contribution in [2.75, 3.05) is 13.1 Å². The van der Waals surface area contributed by atoms with Gasteiger partial charge in [0.2, 0.25) is 5.88 Å². The van der Waals surface area contributed by atoms with Gasteiger partial charge in [-0.2, -0.15) is 0 Å². The summed E-state index contributed by atoms with van der Waals surface area (Å²) in [7, 11) is 0. The van der Waals surface area contributed by atoms with Crippen LogP contribution in [0.5, 0.6) is 11.6 Å². The first-order valence-electron chi connectivity index (χ1n) is 7.62. The smallest absolute Gasteiger partial charge is 0.255 e. The number of aromatic nitrogens is 1. The van der Waals surface area contributed by atoms with E-state index < -0.39 is 0 Å². The van der Waals surface area contributed by atoms with Gasteiger partial charge in [-0.3, -0.25) is 4.79 Å². The third-order valence-corrected chi connectivity index (χ3v) is 4.69. The van der Waals surface area contributed by atoms with Crippen molar-refractivity contribution in [1.82, 2.24) is 9.88 Å². The second-order valence-corrected chi connectivity index (χ2v) is 6.80. The lowest BCUT2D eigenvalue weighted by molar-refractivity contribution is 0.0724. The summed E-state index contributed by atoms with van der Waals surface area (Å²) in [4.78, 5) is 18.4. The number of amides is 1. The molecule has 0 unspecified atom stereocenters. The molecule has 2 heterocycles. The van der Waals surface area contributed by atoms with E-state index in [1.54, 1.807) is 6.07 Å². The van der Waals surface area contributed by atoms with E-state index in [1.807, 2.05) is 4.90 Å². The van der Waals surface area contributed by atoms with E-state index in [4.69, 9.17) is 16.3 Å². The number of hydrogen-bond donors (Lipinski definition) is 0. The summed E-state index contributed by atoms with van der Waals surface area (Å²) in [5, 5.41) is 0.231. The summed E-state index contributed by atoms with van der Waals surface area (Å²) in [6.45, 7) is 1.52. The molecule has 3 rings (SSSR count). The first kappa shape index (κ1) is 17.2. The number of pyridine rings is 1. The second kappa shape index (κ2) is 7.49. The molecule has 1 aliphatic rings. The number of halogens is 3. The summed E-state index contributed by atoms with van der Waals surface area (Å²) in [5.74, 6) is 0.106. The van der Waals surface area contributed by atoms with Gasteiger partial charge in [-0.1, -0.05) is 11.6 Å². The minimum atomic E-state index is -0.379. The molecule has 0 bridgehead atoms. The third-order valence-electron chi connectivity index (χ3n) is 3.80. The fraction of sp³-hybridized carbons (Fsp3) is 0.294. The SMILES string of the molecule is O=C(c1cnc(Oc2ccc(F)cc2Br)c(Cl)c1)N1CCCCC1. The highest BCUT2D eigenvalue weighted by Gasteiger charge is 2.20. The number of ether oxygens (including phenoxy) is 1. The van der Waals surface area contributed by atoms with Crippen molar-refractivity contribution in [3.8, 4) is 11.6 Å². The van der Waals surface area contributed by atoms with Crippen LogP contribution >= 0.6 is 27.5 Å². The molecule has 0 spiro atoms. The van der Waals surface area contributed by atoms with E-state index in [1.165, 1.54) is 24.4 Å². The molecule has 0 atom stereocenters. The predicted molar refractivity (Wildman–Crippen MR) is 93.2 cm³/mol. The molecule has 4 nitrogen and oxygen atoms in total. The third kappa shape index (κ3) is 3.87. The van der Waals surface area contributed by atoms with Crippen molar-refractivity contribution in [2.45, 2.75) is 19.3 Å². The van der Waals surface area contributed by atoms with Crippen LogP contribution in [0.15, 0.2) is 34.9 Å². The largest absolute Gasteiger partial charge is 0.436 e. The normalized spacial score (nSPS) is 14.5. The summed E-state index contributed by atoms with van der Waals surface area (Å²) in [6.07, 6.45) is 4.65. The van der Waals surface area contributed by atoms with Gasteiger partial charge in [-0.15, -0.1) is 0 Å². The Morgan fingerprint density at radius 1 is 1.25 bits per heavy atom. The van der Waals surface area contributed by atoms with E-state index >= 15 is 0 Å². The van der Waals surface area contributed by atoms with E-state index in [2.05, 4.69) is 20.9 Å². The van der Waals surface area contributed by atoms with Crippen LogP contribution in [0, 0.1) is 5.82 Å². The van der Waals surface area contributed by atoms with E-state index in [-0.39, 0.29) is 22.6 Å².